The summed E-state index contributed by atoms with van der Waals surface area (Å²) >= 11 is 0. The van der Waals surface area contributed by atoms with Crippen LogP contribution in [-0.4, -0.2) is 17.8 Å². The molecule has 0 aliphatic carbocycles. The zero-order valence-corrected chi connectivity index (χ0v) is 22.6. The molecule has 0 saturated heterocycles. The Morgan fingerprint density at radius 1 is 0.469 bits per heavy atom. The van der Waals surface area contributed by atoms with Crippen LogP contribution in [0.2, 0.25) is 0 Å². The zero-order valence-electron chi connectivity index (χ0n) is 22.6. The van der Waals surface area contributed by atoms with E-state index in [2.05, 4.69) is 6.92 Å². The van der Waals surface area contributed by atoms with Crippen molar-refractivity contribution in [3.63, 3.8) is 0 Å². The summed E-state index contributed by atoms with van der Waals surface area (Å²) in [4.78, 5) is 0. The highest BCUT2D eigenvalue weighted by molar-refractivity contribution is 4.68. The van der Waals surface area contributed by atoms with Crippen molar-refractivity contribution in [3.8, 4) is 0 Å². The first-order valence-electron chi connectivity index (χ1n) is 15.1. The van der Waals surface area contributed by atoms with Gasteiger partial charge in [0.15, 0.2) is 0 Å². The van der Waals surface area contributed by atoms with Gasteiger partial charge in [-0.25, -0.2) is 0 Å². The molecule has 0 aromatic carbocycles. The van der Waals surface area contributed by atoms with Crippen molar-refractivity contribution >= 4 is 0 Å². The Labute approximate surface area is 203 Å². The molecule has 0 aromatic rings. The lowest BCUT2D eigenvalue weighted by atomic mass is 9.97. The minimum Gasteiger partial charge on any atom is -0.396 e. The van der Waals surface area contributed by atoms with Crippen LogP contribution in [-0.2, 0) is 0 Å². The fraction of sp³-hybridized carbons (Fsp3) is 1.00. The van der Waals surface area contributed by atoms with Crippen LogP contribution in [0, 0.1) is 5.92 Å². The average molecular weight is 454 g/mol. The maximum Gasteiger partial charge on any atom is 0.0471 e. The molecule has 0 heterocycles. The molecule has 2 heteroatoms. The smallest absolute Gasteiger partial charge is 0.0471 e. The summed E-state index contributed by atoms with van der Waals surface area (Å²) < 4.78 is 0. The molecule has 0 aromatic heterocycles. The maximum atomic E-state index is 9.11. The first kappa shape index (κ1) is 31.9. The second-order valence-electron chi connectivity index (χ2n) is 10.7. The molecule has 0 bridgehead atoms. The van der Waals surface area contributed by atoms with Gasteiger partial charge in [0.05, 0.1) is 0 Å². The summed E-state index contributed by atoms with van der Waals surface area (Å²) in [5.74, 6) is 0.250. The van der Waals surface area contributed by atoms with Crippen LogP contribution in [0.3, 0.4) is 0 Å². The van der Waals surface area contributed by atoms with Gasteiger partial charge < -0.3 is 10.8 Å². The fourth-order valence-electron chi connectivity index (χ4n) is 4.76. The molecular weight excluding hydrogens is 390 g/mol. The van der Waals surface area contributed by atoms with E-state index in [9.17, 15) is 0 Å². The topological polar surface area (TPSA) is 46.2 Å². The third-order valence-electron chi connectivity index (χ3n) is 7.41. The molecule has 3 N–H and O–H groups in total. The number of hydrogen-bond donors (Lipinski definition) is 2. The molecule has 32 heavy (non-hydrogen) atoms. The first-order valence-corrected chi connectivity index (χ1v) is 15.1. The molecule has 0 aliphatic rings. The molecule has 0 amide bonds. The highest BCUT2D eigenvalue weighted by Gasteiger charge is 2.10. The number of unbranched alkanes of at least 4 members (excludes halogenated alkanes) is 23. The Hall–Kier alpha value is -0.0800. The summed E-state index contributed by atoms with van der Waals surface area (Å²) in [6.07, 6.45) is 35.5. The van der Waals surface area contributed by atoms with Crippen molar-refractivity contribution < 1.29 is 5.11 Å². The van der Waals surface area contributed by atoms with Crippen LogP contribution in [0.4, 0.5) is 0 Å². The van der Waals surface area contributed by atoms with Crippen LogP contribution in [0.1, 0.15) is 174 Å². The van der Waals surface area contributed by atoms with Gasteiger partial charge in [0.1, 0.15) is 0 Å². The fourth-order valence-corrected chi connectivity index (χ4v) is 4.76. The third kappa shape index (κ3) is 24.6. The van der Waals surface area contributed by atoms with Gasteiger partial charge >= 0.3 is 0 Å². The van der Waals surface area contributed by atoms with Crippen LogP contribution < -0.4 is 5.73 Å². The maximum absolute atomic E-state index is 9.11. The van der Waals surface area contributed by atoms with Crippen molar-refractivity contribution in [1.82, 2.24) is 0 Å². The van der Waals surface area contributed by atoms with Gasteiger partial charge in [-0.05, 0) is 12.3 Å². The molecule has 0 spiro atoms. The molecule has 0 radical (unpaired) electrons. The van der Waals surface area contributed by atoms with E-state index < -0.39 is 0 Å². The Bertz CT molecular complexity index is 333. The van der Waals surface area contributed by atoms with Crippen molar-refractivity contribution in [2.24, 2.45) is 11.7 Å². The quantitative estimate of drug-likeness (QED) is 0.122. The van der Waals surface area contributed by atoms with Gasteiger partial charge in [-0.2, -0.15) is 0 Å². The van der Waals surface area contributed by atoms with Crippen molar-refractivity contribution in [1.29, 1.82) is 0 Å². The lowest BCUT2D eigenvalue weighted by molar-refractivity contribution is 0.211. The average Bonchev–Trinajstić information content (AvgIpc) is 2.81. The Morgan fingerprint density at radius 2 is 0.719 bits per heavy atom. The minimum absolute atomic E-state index is 0.180. The van der Waals surface area contributed by atoms with Gasteiger partial charge in [0, 0.05) is 12.6 Å². The summed E-state index contributed by atoms with van der Waals surface area (Å²) in [6, 6.07) is 0.180. The predicted molar refractivity (Wildman–Crippen MR) is 145 cm³/mol. The summed E-state index contributed by atoms with van der Waals surface area (Å²) in [6.45, 7) is 4.57. The second-order valence-corrected chi connectivity index (χ2v) is 10.7. The highest BCUT2D eigenvalue weighted by Crippen LogP contribution is 2.16. The Balaban J connectivity index is 3.07. The van der Waals surface area contributed by atoms with Gasteiger partial charge in [-0.15, -0.1) is 0 Å². The molecule has 0 saturated carbocycles. The van der Waals surface area contributed by atoms with Gasteiger partial charge in [0.25, 0.3) is 0 Å². The van der Waals surface area contributed by atoms with Crippen LogP contribution in [0.15, 0.2) is 0 Å². The zero-order chi connectivity index (χ0) is 23.5. The summed E-state index contributed by atoms with van der Waals surface area (Å²) in [7, 11) is 0. The summed E-state index contributed by atoms with van der Waals surface area (Å²) in [5, 5.41) is 9.11. The minimum atomic E-state index is 0.180. The molecule has 0 aliphatic heterocycles. The first-order chi connectivity index (χ1) is 15.7. The van der Waals surface area contributed by atoms with E-state index in [1.807, 2.05) is 6.92 Å². The summed E-state index contributed by atoms with van der Waals surface area (Å²) in [5.41, 5.74) is 6.06. The number of aliphatic hydroxyl groups excluding tert-OH is 1. The monoisotopic (exact) mass is 453 g/mol. The van der Waals surface area contributed by atoms with Crippen molar-refractivity contribution in [3.05, 3.63) is 0 Å². The van der Waals surface area contributed by atoms with Crippen LogP contribution in [0.25, 0.3) is 0 Å². The van der Waals surface area contributed by atoms with E-state index in [0.717, 1.165) is 6.42 Å². The molecule has 0 rings (SSSR count). The standard InChI is InChI=1S/C30H63NO/c1-3-4-5-6-7-8-9-10-11-12-13-14-15-16-17-18-19-20-21-22-23-24-25-26-27-30(31)29(2)28-32/h29-30,32H,3-28,31H2,1-2H3. The van der Waals surface area contributed by atoms with E-state index >= 15 is 0 Å². The van der Waals surface area contributed by atoms with Crippen LogP contribution >= 0.6 is 0 Å². The van der Waals surface area contributed by atoms with Crippen molar-refractivity contribution in [2.75, 3.05) is 6.61 Å². The largest absolute Gasteiger partial charge is 0.396 e. The Kier molecular flexibility index (Phi) is 27.1. The second kappa shape index (κ2) is 27.2. The van der Waals surface area contributed by atoms with Crippen LogP contribution in [0.5, 0.6) is 0 Å². The lowest BCUT2D eigenvalue weighted by Gasteiger charge is -2.17. The number of nitrogens with two attached hydrogens (primary N) is 1. The number of aliphatic hydroxyl groups is 1. The highest BCUT2D eigenvalue weighted by atomic mass is 16.3. The van der Waals surface area contributed by atoms with E-state index in [1.165, 1.54) is 154 Å². The van der Waals surface area contributed by atoms with E-state index in [1.54, 1.807) is 0 Å². The van der Waals surface area contributed by atoms with Gasteiger partial charge in [0.2, 0.25) is 0 Å². The van der Waals surface area contributed by atoms with Crippen molar-refractivity contribution in [2.45, 2.75) is 180 Å². The van der Waals surface area contributed by atoms with E-state index in [-0.39, 0.29) is 18.6 Å². The lowest BCUT2D eigenvalue weighted by Crippen LogP contribution is -2.30. The molecule has 194 valence electrons. The SMILES string of the molecule is CCCCCCCCCCCCCCCCCCCCCCCCCCC(N)C(C)CO. The molecule has 2 atom stereocenters. The predicted octanol–water partition coefficient (Wildman–Crippen LogP) is 9.71. The molecule has 2 unspecified atom stereocenters. The van der Waals surface area contributed by atoms with Gasteiger partial charge in [-0.3, -0.25) is 0 Å². The molecular formula is C30H63NO. The number of hydrogen-bond acceptors (Lipinski definition) is 2. The Morgan fingerprint density at radius 3 is 0.969 bits per heavy atom. The van der Waals surface area contributed by atoms with Gasteiger partial charge in [-0.1, -0.05) is 168 Å². The molecule has 2 nitrogen and oxygen atoms in total. The third-order valence-corrected chi connectivity index (χ3v) is 7.41. The number of rotatable bonds is 27. The normalized spacial score (nSPS) is 13.5. The van der Waals surface area contributed by atoms with E-state index in [4.69, 9.17) is 10.8 Å². The van der Waals surface area contributed by atoms with E-state index in [0.29, 0.717) is 0 Å². The molecule has 0 fully saturated rings.